The van der Waals surface area contributed by atoms with Crippen LogP contribution in [0, 0.1) is 0 Å². The van der Waals surface area contributed by atoms with Crippen LogP contribution in [0.3, 0.4) is 0 Å². The van der Waals surface area contributed by atoms with Crippen LogP contribution in [0.1, 0.15) is 22.0 Å². The summed E-state index contributed by atoms with van der Waals surface area (Å²) in [6.07, 6.45) is 3.21. The van der Waals surface area contributed by atoms with E-state index in [1.807, 2.05) is 23.1 Å². The summed E-state index contributed by atoms with van der Waals surface area (Å²) in [5.74, 6) is -0.383. The van der Waals surface area contributed by atoms with Crippen molar-refractivity contribution in [2.45, 2.75) is 6.04 Å². The van der Waals surface area contributed by atoms with E-state index in [1.165, 1.54) is 7.11 Å². The summed E-state index contributed by atoms with van der Waals surface area (Å²) in [6.45, 7) is 2.17. The van der Waals surface area contributed by atoms with Crippen molar-refractivity contribution in [1.82, 2.24) is 14.8 Å². The summed E-state index contributed by atoms with van der Waals surface area (Å²) >= 11 is 6.29. The number of pyridine rings is 1. The molecular formula is C19H20ClN3O3. The second kappa shape index (κ2) is 8.29. The van der Waals surface area contributed by atoms with E-state index in [2.05, 4.69) is 4.98 Å². The van der Waals surface area contributed by atoms with Crippen LogP contribution in [0.5, 0.6) is 0 Å². The number of amides is 1. The molecule has 0 unspecified atom stereocenters. The Morgan fingerprint density at radius 2 is 1.73 bits per heavy atom. The minimum absolute atomic E-state index is 0.0283. The number of hydrogen-bond acceptors (Lipinski definition) is 5. The predicted octanol–water partition coefficient (Wildman–Crippen LogP) is 2.41. The van der Waals surface area contributed by atoms with Crippen LogP contribution in [0.2, 0.25) is 5.02 Å². The van der Waals surface area contributed by atoms with Crippen molar-refractivity contribution in [2.75, 3.05) is 33.3 Å². The smallest absolute Gasteiger partial charge is 0.327 e. The number of aromatic nitrogens is 1. The van der Waals surface area contributed by atoms with E-state index in [0.717, 1.165) is 5.56 Å². The third-order valence-corrected chi connectivity index (χ3v) is 4.86. The lowest BCUT2D eigenvalue weighted by molar-refractivity contribution is -0.148. The molecule has 1 saturated heterocycles. The monoisotopic (exact) mass is 373 g/mol. The first kappa shape index (κ1) is 18.4. The molecular weight excluding hydrogens is 354 g/mol. The molecule has 3 rings (SSSR count). The number of hydrogen-bond donors (Lipinski definition) is 0. The third-order valence-electron chi connectivity index (χ3n) is 4.52. The predicted molar refractivity (Wildman–Crippen MR) is 97.9 cm³/mol. The maximum absolute atomic E-state index is 12.6. The van der Waals surface area contributed by atoms with E-state index < -0.39 is 6.04 Å². The van der Waals surface area contributed by atoms with Gasteiger partial charge in [-0.1, -0.05) is 29.8 Å². The molecule has 1 aromatic heterocycles. The lowest BCUT2D eigenvalue weighted by atomic mass is 10.0. The zero-order valence-corrected chi connectivity index (χ0v) is 15.2. The van der Waals surface area contributed by atoms with Gasteiger partial charge in [0, 0.05) is 49.2 Å². The number of nitrogens with zero attached hydrogens (tertiary/aromatic N) is 3. The van der Waals surface area contributed by atoms with E-state index in [-0.39, 0.29) is 11.9 Å². The molecule has 2 heterocycles. The van der Waals surface area contributed by atoms with Crippen LogP contribution in [-0.2, 0) is 9.53 Å². The summed E-state index contributed by atoms with van der Waals surface area (Å²) in [7, 11) is 1.37. The number of ether oxygens (including phenoxy) is 1. The molecule has 0 N–H and O–H groups in total. The Hall–Kier alpha value is -2.44. The maximum atomic E-state index is 12.6. The first-order valence-corrected chi connectivity index (χ1v) is 8.75. The van der Waals surface area contributed by atoms with Crippen molar-refractivity contribution in [2.24, 2.45) is 0 Å². The number of rotatable bonds is 4. The molecule has 1 atom stereocenters. The fraction of sp³-hybridized carbons (Fsp3) is 0.316. The topological polar surface area (TPSA) is 62.7 Å². The molecule has 0 saturated carbocycles. The molecule has 1 aliphatic heterocycles. The Labute approximate surface area is 157 Å². The fourth-order valence-electron chi connectivity index (χ4n) is 3.14. The number of carbonyl (C=O) groups excluding carboxylic acids is 2. The van der Waals surface area contributed by atoms with Gasteiger partial charge in [0.05, 0.1) is 7.11 Å². The number of methoxy groups -OCH3 is 1. The quantitative estimate of drug-likeness (QED) is 0.770. The molecule has 7 heteroatoms. The SMILES string of the molecule is COC(=O)[C@H](c1ccccc1Cl)N1CCN(C(=O)c2ccncc2)CC1. The van der Waals surface area contributed by atoms with Crippen LogP contribution in [-0.4, -0.2) is 59.9 Å². The van der Waals surface area contributed by atoms with Crippen molar-refractivity contribution in [3.63, 3.8) is 0 Å². The van der Waals surface area contributed by atoms with Gasteiger partial charge in [0.15, 0.2) is 0 Å². The van der Waals surface area contributed by atoms with Gasteiger partial charge in [-0.05, 0) is 23.8 Å². The molecule has 1 aromatic carbocycles. The average Bonchev–Trinajstić information content (AvgIpc) is 2.70. The zero-order chi connectivity index (χ0) is 18.5. The second-order valence-corrected chi connectivity index (χ2v) is 6.42. The highest BCUT2D eigenvalue weighted by Gasteiger charge is 2.33. The second-order valence-electron chi connectivity index (χ2n) is 6.01. The summed E-state index contributed by atoms with van der Waals surface area (Å²) in [5, 5.41) is 0.526. The largest absolute Gasteiger partial charge is 0.468 e. The van der Waals surface area contributed by atoms with Gasteiger partial charge in [-0.15, -0.1) is 0 Å². The van der Waals surface area contributed by atoms with E-state index in [9.17, 15) is 9.59 Å². The van der Waals surface area contributed by atoms with Gasteiger partial charge >= 0.3 is 5.97 Å². The van der Waals surface area contributed by atoms with Crippen LogP contribution in [0.15, 0.2) is 48.8 Å². The highest BCUT2D eigenvalue weighted by Crippen LogP contribution is 2.29. The first-order valence-electron chi connectivity index (χ1n) is 8.37. The van der Waals surface area contributed by atoms with Crippen molar-refractivity contribution in [1.29, 1.82) is 0 Å². The molecule has 136 valence electrons. The minimum atomic E-state index is -0.577. The van der Waals surface area contributed by atoms with Crippen molar-refractivity contribution >= 4 is 23.5 Å². The van der Waals surface area contributed by atoms with E-state index in [1.54, 1.807) is 35.5 Å². The number of carbonyl (C=O) groups is 2. The summed E-state index contributed by atoms with van der Waals surface area (Å²) in [6, 6.07) is 10.1. The van der Waals surface area contributed by atoms with Crippen LogP contribution in [0.25, 0.3) is 0 Å². The van der Waals surface area contributed by atoms with E-state index >= 15 is 0 Å². The average molecular weight is 374 g/mol. The van der Waals surface area contributed by atoms with Gasteiger partial charge in [0.2, 0.25) is 0 Å². The molecule has 0 radical (unpaired) electrons. The molecule has 1 fully saturated rings. The van der Waals surface area contributed by atoms with Gasteiger partial charge in [-0.2, -0.15) is 0 Å². The standard InChI is InChI=1S/C19H20ClN3O3/c1-26-19(25)17(15-4-2-3-5-16(15)20)22-10-12-23(13-11-22)18(24)14-6-8-21-9-7-14/h2-9,17H,10-13H2,1H3/t17-/m0/s1. The van der Waals surface area contributed by atoms with Crippen LogP contribution < -0.4 is 0 Å². The van der Waals surface area contributed by atoms with E-state index in [0.29, 0.717) is 36.8 Å². The number of esters is 1. The van der Waals surface area contributed by atoms with Crippen LogP contribution >= 0.6 is 11.6 Å². The Morgan fingerprint density at radius 3 is 2.35 bits per heavy atom. The van der Waals surface area contributed by atoms with Crippen molar-refractivity contribution < 1.29 is 14.3 Å². The molecule has 26 heavy (non-hydrogen) atoms. The normalized spacial score (nSPS) is 16.2. The molecule has 6 nitrogen and oxygen atoms in total. The van der Waals surface area contributed by atoms with Gasteiger partial charge in [0.25, 0.3) is 5.91 Å². The van der Waals surface area contributed by atoms with Gasteiger partial charge in [0.1, 0.15) is 6.04 Å². The zero-order valence-electron chi connectivity index (χ0n) is 14.5. The molecule has 0 bridgehead atoms. The highest BCUT2D eigenvalue weighted by molar-refractivity contribution is 6.31. The summed E-state index contributed by atoms with van der Waals surface area (Å²) in [5.41, 5.74) is 1.33. The molecule has 0 spiro atoms. The summed E-state index contributed by atoms with van der Waals surface area (Å²) in [4.78, 5) is 32.7. The van der Waals surface area contributed by atoms with E-state index in [4.69, 9.17) is 16.3 Å². The van der Waals surface area contributed by atoms with Gasteiger partial charge in [-0.3, -0.25) is 14.7 Å². The molecule has 0 aliphatic carbocycles. The molecule has 1 amide bonds. The third kappa shape index (κ3) is 3.86. The number of halogens is 1. The van der Waals surface area contributed by atoms with Crippen molar-refractivity contribution in [3.8, 4) is 0 Å². The molecule has 1 aliphatic rings. The van der Waals surface area contributed by atoms with Gasteiger partial charge in [-0.25, -0.2) is 4.79 Å². The number of piperazine rings is 1. The van der Waals surface area contributed by atoms with Crippen molar-refractivity contribution in [3.05, 3.63) is 64.9 Å². The Balaban J connectivity index is 1.73. The fourth-order valence-corrected chi connectivity index (χ4v) is 3.38. The summed E-state index contributed by atoms with van der Waals surface area (Å²) < 4.78 is 4.99. The first-order chi connectivity index (χ1) is 12.6. The lowest BCUT2D eigenvalue weighted by Gasteiger charge is -2.38. The number of benzene rings is 1. The Kier molecular flexibility index (Phi) is 5.85. The Morgan fingerprint density at radius 1 is 1.08 bits per heavy atom. The molecule has 2 aromatic rings. The minimum Gasteiger partial charge on any atom is -0.468 e. The highest BCUT2D eigenvalue weighted by atomic mass is 35.5. The lowest BCUT2D eigenvalue weighted by Crippen LogP contribution is -2.51. The maximum Gasteiger partial charge on any atom is 0.327 e. The van der Waals surface area contributed by atoms with Gasteiger partial charge < -0.3 is 9.64 Å². The van der Waals surface area contributed by atoms with Crippen LogP contribution in [0.4, 0.5) is 0 Å². The Bertz CT molecular complexity index is 777.